The van der Waals surface area contributed by atoms with Gasteiger partial charge in [0, 0.05) is 25.4 Å². The van der Waals surface area contributed by atoms with Crippen LogP contribution in [-0.4, -0.2) is 54.5 Å². The van der Waals surface area contributed by atoms with Crippen LogP contribution in [0.2, 0.25) is 0 Å². The van der Waals surface area contributed by atoms with Crippen LogP contribution in [0.3, 0.4) is 0 Å². The molecule has 76 valence electrons. The molecule has 0 aliphatic heterocycles. The maximum Gasteiger partial charge on any atom is 0.281 e. The lowest BCUT2D eigenvalue weighted by Gasteiger charge is -2.18. The number of hydrogen-bond donors (Lipinski definition) is 0. The van der Waals surface area contributed by atoms with Crippen LogP contribution in [0, 0.1) is 13.8 Å². The number of nitrogens with zero attached hydrogens (tertiary/aromatic N) is 2. The molecular weight excluding hydrogens is 184 g/mol. The molecule has 0 N–H and O–H groups in total. The van der Waals surface area contributed by atoms with Gasteiger partial charge in [-0.15, -0.1) is 0 Å². The second-order valence-corrected chi connectivity index (χ2v) is 3.95. The summed E-state index contributed by atoms with van der Waals surface area (Å²) in [6.45, 7) is 9.23. The van der Waals surface area contributed by atoms with Crippen molar-refractivity contribution in [3.05, 3.63) is 13.8 Å². The van der Waals surface area contributed by atoms with E-state index in [1.165, 1.54) is 11.8 Å². The van der Waals surface area contributed by atoms with E-state index in [9.17, 15) is 4.79 Å². The molecular formula is C9H18N2OS. The minimum absolute atomic E-state index is 0.0758. The van der Waals surface area contributed by atoms with E-state index in [0.717, 1.165) is 12.3 Å². The maximum absolute atomic E-state index is 11.4. The van der Waals surface area contributed by atoms with Crippen LogP contribution in [-0.2, 0) is 0 Å². The molecule has 0 rings (SSSR count). The van der Waals surface area contributed by atoms with Crippen molar-refractivity contribution in [1.29, 1.82) is 0 Å². The zero-order valence-corrected chi connectivity index (χ0v) is 9.27. The number of carbonyl (C=O) groups is 1. The lowest BCUT2D eigenvalue weighted by atomic mass is 10.6. The highest BCUT2D eigenvalue weighted by Crippen LogP contribution is 2.07. The number of hydrogen-bond acceptors (Lipinski definition) is 3. The molecule has 0 aromatic carbocycles. The summed E-state index contributed by atoms with van der Waals surface area (Å²) in [5.74, 6) is 0.822. The van der Waals surface area contributed by atoms with Crippen LogP contribution in [0.4, 0.5) is 4.79 Å². The van der Waals surface area contributed by atoms with Gasteiger partial charge in [-0.05, 0) is 27.9 Å². The van der Waals surface area contributed by atoms with Gasteiger partial charge in [0.05, 0.1) is 0 Å². The van der Waals surface area contributed by atoms with Crippen LogP contribution in [0.15, 0.2) is 0 Å². The summed E-state index contributed by atoms with van der Waals surface area (Å²) < 4.78 is 0. The predicted octanol–water partition coefficient (Wildman–Crippen LogP) is 1.37. The Balaban J connectivity index is 3.60. The molecule has 2 radical (unpaired) electrons. The fourth-order valence-corrected chi connectivity index (χ4v) is 1.70. The Morgan fingerprint density at radius 1 is 1.31 bits per heavy atom. The van der Waals surface area contributed by atoms with Crippen LogP contribution >= 0.6 is 11.8 Å². The number of thioether (sulfide) groups is 1. The smallest absolute Gasteiger partial charge is 0.281 e. The monoisotopic (exact) mass is 202 g/mol. The van der Waals surface area contributed by atoms with Crippen molar-refractivity contribution in [3.8, 4) is 0 Å². The third-order valence-corrected chi connectivity index (χ3v) is 2.45. The molecule has 0 aliphatic carbocycles. The lowest BCUT2D eigenvalue weighted by molar-refractivity contribution is 0.232. The topological polar surface area (TPSA) is 23.6 Å². The van der Waals surface area contributed by atoms with Gasteiger partial charge >= 0.3 is 0 Å². The Hall–Kier alpha value is -0.220. The molecule has 0 aromatic rings. The predicted molar refractivity (Wildman–Crippen MR) is 58.7 cm³/mol. The van der Waals surface area contributed by atoms with E-state index >= 15 is 0 Å². The van der Waals surface area contributed by atoms with Crippen molar-refractivity contribution >= 4 is 17.0 Å². The summed E-state index contributed by atoms with van der Waals surface area (Å²) in [6.07, 6.45) is 0. The van der Waals surface area contributed by atoms with E-state index in [1.807, 2.05) is 14.1 Å². The number of amides is 1. The molecule has 0 spiro atoms. The third kappa shape index (κ3) is 5.93. The first-order valence-electron chi connectivity index (χ1n) is 4.26. The normalized spacial score (nSPS) is 10.5. The Morgan fingerprint density at radius 2 is 1.85 bits per heavy atom. The van der Waals surface area contributed by atoms with Crippen molar-refractivity contribution in [1.82, 2.24) is 9.80 Å². The molecule has 0 heterocycles. The van der Waals surface area contributed by atoms with Gasteiger partial charge in [-0.25, -0.2) is 0 Å². The molecule has 3 nitrogen and oxygen atoms in total. The van der Waals surface area contributed by atoms with Crippen molar-refractivity contribution in [3.63, 3.8) is 0 Å². The highest BCUT2D eigenvalue weighted by Gasteiger charge is 2.09. The summed E-state index contributed by atoms with van der Waals surface area (Å²) >= 11 is 1.33. The van der Waals surface area contributed by atoms with Crippen LogP contribution < -0.4 is 0 Å². The molecule has 0 bridgehead atoms. The summed E-state index contributed by atoms with van der Waals surface area (Å²) in [6, 6.07) is 0. The zero-order valence-electron chi connectivity index (χ0n) is 8.45. The van der Waals surface area contributed by atoms with Gasteiger partial charge in [0.2, 0.25) is 0 Å². The molecule has 0 aliphatic rings. The van der Waals surface area contributed by atoms with Crippen molar-refractivity contribution in [2.75, 3.05) is 39.5 Å². The Bertz CT molecular complexity index is 147. The molecule has 0 aromatic heterocycles. The fourth-order valence-electron chi connectivity index (χ4n) is 0.701. The quantitative estimate of drug-likeness (QED) is 0.673. The van der Waals surface area contributed by atoms with Crippen molar-refractivity contribution < 1.29 is 4.79 Å². The maximum atomic E-state index is 11.4. The van der Waals surface area contributed by atoms with E-state index in [2.05, 4.69) is 18.7 Å². The van der Waals surface area contributed by atoms with E-state index in [-0.39, 0.29) is 5.24 Å². The molecule has 0 saturated heterocycles. The van der Waals surface area contributed by atoms with Gasteiger partial charge < -0.3 is 9.80 Å². The largest absolute Gasteiger partial charge is 0.334 e. The molecule has 4 heteroatoms. The minimum Gasteiger partial charge on any atom is -0.334 e. The molecule has 0 atom stereocenters. The van der Waals surface area contributed by atoms with Crippen LogP contribution in [0.1, 0.15) is 0 Å². The Kier molecular flexibility index (Phi) is 7.09. The van der Waals surface area contributed by atoms with Gasteiger partial charge in [-0.2, -0.15) is 0 Å². The summed E-state index contributed by atoms with van der Waals surface area (Å²) in [7, 11) is 3.98. The van der Waals surface area contributed by atoms with E-state index in [1.54, 1.807) is 4.90 Å². The average molecular weight is 202 g/mol. The molecule has 13 heavy (non-hydrogen) atoms. The first-order valence-corrected chi connectivity index (χ1v) is 5.25. The standard InChI is InChI=1S/C9H18N2OS/c1-5-11(6-2)9(12)13-8-7-10(3)4/h1-2,5-8H2,3-4H3. The minimum atomic E-state index is 0.0758. The highest BCUT2D eigenvalue weighted by atomic mass is 32.2. The van der Waals surface area contributed by atoms with Gasteiger partial charge in [0.1, 0.15) is 0 Å². The molecule has 0 fully saturated rings. The molecule has 1 amide bonds. The van der Waals surface area contributed by atoms with Gasteiger partial charge in [-0.1, -0.05) is 11.8 Å². The Labute approximate surface area is 85.5 Å². The van der Waals surface area contributed by atoms with Gasteiger partial charge in [0.25, 0.3) is 5.24 Å². The van der Waals surface area contributed by atoms with E-state index in [4.69, 9.17) is 0 Å². The number of rotatable bonds is 5. The van der Waals surface area contributed by atoms with Crippen LogP contribution in [0.25, 0.3) is 0 Å². The summed E-state index contributed by atoms with van der Waals surface area (Å²) in [4.78, 5) is 15.1. The first kappa shape index (κ1) is 12.8. The Morgan fingerprint density at radius 3 is 2.23 bits per heavy atom. The zero-order chi connectivity index (χ0) is 10.3. The van der Waals surface area contributed by atoms with E-state index in [0.29, 0.717) is 13.1 Å². The van der Waals surface area contributed by atoms with Gasteiger partial charge in [0.15, 0.2) is 0 Å². The van der Waals surface area contributed by atoms with Crippen molar-refractivity contribution in [2.24, 2.45) is 0 Å². The summed E-state index contributed by atoms with van der Waals surface area (Å²) in [5.41, 5.74) is 0. The van der Waals surface area contributed by atoms with E-state index < -0.39 is 0 Å². The first-order chi connectivity index (χ1) is 6.11. The van der Waals surface area contributed by atoms with Gasteiger partial charge in [-0.3, -0.25) is 4.79 Å². The van der Waals surface area contributed by atoms with Crippen LogP contribution in [0.5, 0.6) is 0 Å². The SMILES string of the molecule is [CH2]CN(C[CH2])C(=O)SCCN(C)C. The summed E-state index contributed by atoms with van der Waals surface area (Å²) in [5, 5.41) is 0.0758. The highest BCUT2D eigenvalue weighted by molar-refractivity contribution is 8.13. The number of carbonyl (C=O) groups excluding carboxylic acids is 1. The third-order valence-electron chi connectivity index (χ3n) is 1.56. The molecule has 0 saturated carbocycles. The van der Waals surface area contributed by atoms with Crippen molar-refractivity contribution in [2.45, 2.75) is 0 Å². The second-order valence-electron chi connectivity index (χ2n) is 2.90. The second kappa shape index (κ2) is 7.21. The molecule has 0 unspecified atom stereocenters. The fraction of sp³-hybridized carbons (Fsp3) is 0.667. The lowest BCUT2D eigenvalue weighted by Crippen LogP contribution is -2.28. The average Bonchev–Trinajstić information content (AvgIpc) is 2.05.